The molecule has 1 aromatic heterocycles. The molecule has 1 fully saturated rings. The Morgan fingerprint density at radius 1 is 1.50 bits per heavy atom. The number of hydrogen-bond acceptors (Lipinski definition) is 6. The van der Waals surface area contributed by atoms with Crippen LogP contribution in [-0.2, 0) is 0 Å². The summed E-state index contributed by atoms with van der Waals surface area (Å²) >= 11 is 0. The van der Waals surface area contributed by atoms with E-state index in [0.717, 1.165) is 25.2 Å². The number of nitrogens with one attached hydrogen (secondary N) is 1. The van der Waals surface area contributed by atoms with Gasteiger partial charge in [0.1, 0.15) is 17.8 Å². The average Bonchev–Trinajstić information content (AvgIpc) is 3.09. The summed E-state index contributed by atoms with van der Waals surface area (Å²) in [4.78, 5) is 17.0. The molecule has 1 aromatic carbocycles. The summed E-state index contributed by atoms with van der Waals surface area (Å²) in [6.45, 7) is 1.39. The van der Waals surface area contributed by atoms with Gasteiger partial charge in [0, 0.05) is 25.1 Å². The summed E-state index contributed by atoms with van der Waals surface area (Å²) < 4.78 is 0. The van der Waals surface area contributed by atoms with Gasteiger partial charge in [0.25, 0.3) is 5.69 Å². The molecule has 0 bridgehead atoms. The fraction of sp³-hybridized carbons (Fsp3) is 0.357. The number of nitrogens with zero attached hydrogens (tertiary/aromatic N) is 5. The second-order valence-electron chi connectivity index (χ2n) is 5.23. The number of benzene rings is 1. The number of anilines is 1. The smallest absolute Gasteiger partial charge is 0.293 e. The Kier molecular flexibility index (Phi) is 3.70. The predicted octanol–water partition coefficient (Wildman–Crippen LogP) is 1.97. The number of H-pyrrole nitrogens is 1. The number of piperidine rings is 1. The lowest BCUT2D eigenvalue weighted by Gasteiger charge is -2.33. The number of hydrogen-bond donors (Lipinski definition) is 1. The van der Waals surface area contributed by atoms with Gasteiger partial charge in [0.2, 0.25) is 0 Å². The molecule has 8 nitrogen and oxygen atoms in total. The van der Waals surface area contributed by atoms with Crippen molar-refractivity contribution in [2.24, 2.45) is 0 Å². The van der Waals surface area contributed by atoms with Gasteiger partial charge in [-0.15, -0.1) is 0 Å². The van der Waals surface area contributed by atoms with E-state index in [2.05, 4.69) is 15.2 Å². The van der Waals surface area contributed by atoms with Crippen LogP contribution in [0.2, 0.25) is 0 Å². The van der Waals surface area contributed by atoms with E-state index in [4.69, 9.17) is 5.26 Å². The SMILES string of the molecule is N#Cc1ccc(N2CCCC(c3ncn[nH]3)C2)c([N+](=O)[O-])c1. The molecule has 22 heavy (non-hydrogen) atoms. The maximum Gasteiger partial charge on any atom is 0.293 e. The molecule has 2 heterocycles. The Balaban J connectivity index is 1.90. The molecule has 2 aromatic rings. The van der Waals surface area contributed by atoms with Crippen LogP contribution in [0.15, 0.2) is 24.5 Å². The Morgan fingerprint density at radius 2 is 2.36 bits per heavy atom. The molecule has 8 heteroatoms. The monoisotopic (exact) mass is 298 g/mol. The van der Waals surface area contributed by atoms with Crippen molar-refractivity contribution >= 4 is 11.4 Å². The fourth-order valence-electron chi connectivity index (χ4n) is 2.84. The average molecular weight is 298 g/mol. The zero-order chi connectivity index (χ0) is 15.5. The minimum Gasteiger partial charge on any atom is -0.365 e. The molecule has 1 atom stereocenters. The molecule has 1 aliphatic heterocycles. The molecule has 3 rings (SSSR count). The summed E-state index contributed by atoms with van der Waals surface area (Å²) in [7, 11) is 0. The predicted molar refractivity (Wildman–Crippen MR) is 78.4 cm³/mol. The highest BCUT2D eigenvalue weighted by Gasteiger charge is 2.27. The van der Waals surface area contributed by atoms with E-state index in [1.165, 1.54) is 12.4 Å². The lowest BCUT2D eigenvalue weighted by Crippen LogP contribution is -2.35. The zero-order valence-corrected chi connectivity index (χ0v) is 11.8. The molecule has 0 aliphatic carbocycles. The van der Waals surface area contributed by atoms with Crippen molar-refractivity contribution in [1.29, 1.82) is 5.26 Å². The minimum absolute atomic E-state index is 0.0303. The molecule has 1 saturated heterocycles. The van der Waals surface area contributed by atoms with E-state index in [0.29, 0.717) is 17.8 Å². The molecule has 0 spiro atoms. The van der Waals surface area contributed by atoms with Crippen LogP contribution in [0.4, 0.5) is 11.4 Å². The van der Waals surface area contributed by atoms with E-state index in [1.54, 1.807) is 12.1 Å². The van der Waals surface area contributed by atoms with Gasteiger partial charge in [-0.25, -0.2) is 4.98 Å². The van der Waals surface area contributed by atoms with Gasteiger partial charge in [0.15, 0.2) is 0 Å². The molecule has 112 valence electrons. The molecule has 1 N–H and O–H groups in total. The van der Waals surface area contributed by atoms with Crippen LogP contribution in [0.1, 0.15) is 30.1 Å². The molecule has 0 saturated carbocycles. The van der Waals surface area contributed by atoms with Crippen molar-refractivity contribution in [1.82, 2.24) is 15.2 Å². The van der Waals surface area contributed by atoms with Crippen molar-refractivity contribution in [3.05, 3.63) is 46.0 Å². The number of nitriles is 1. The first-order valence-corrected chi connectivity index (χ1v) is 6.98. The summed E-state index contributed by atoms with van der Waals surface area (Å²) in [5.74, 6) is 0.979. The zero-order valence-electron chi connectivity index (χ0n) is 11.8. The van der Waals surface area contributed by atoms with Crippen LogP contribution in [0.25, 0.3) is 0 Å². The quantitative estimate of drug-likeness (QED) is 0.684. The van der Waals surface area contributed by atoms with Crippen LogP contribution < -0.4 is 4.90 Å². The first-order chi connectivity index (χ1) is 10.7. The summed E-state index contributed by atoms with van der Waals surface area (Å²) in [5.41, 5.74) is 0.810. The van der Waals surface area contributed by atoms with Crippen LogP contribution in [0.3, 0.4) is 0 Å². The van der Waals surface area contributed by atoms with Gasteiger partial charge < -0.3 is 4.90 Å². The maximum atomic E-state index is 11.3. The second-order valence-corrected chi connectivity index (χ2v) is 5.23. The number of rotatable bonds is 3. The summed E-state index contributed by atoms with van der Waals surface area (Å²) in [6, 6.07) is 6.53. The summed E-state index contributed by atoms with van der Waals surface area (Å²) in [5, 5.41) is 26.9. The largest absolute Gasteiger partial charge is 0.365 e. The second kappa shape index (κ2) is 5.81. The third kappa shape index (κ3) is 2.61. The highest BCUT2D eigenvalue weighted by atomic mass is 16.6. The molecule has 0 radical (unpaired) electrons. The maximum absolute atomic E-state index is 11.3. The number of aromatic nitrogens is 3. The third-order valence-electron chi connectivity index (χ3n) is 3.88. The normalized spacial score (nSPS) is 18.0. The highest BCUT2D eigenvalue weighted by Crippen LogP contribution is 2.34. The Labute approximate surface area is 126 Å². The topological polar surface area (TPSA) is 112 Å². The van der Waals surface area contributed by atoms with Gasteiger partial charge in [-0.05, 0) is 25.0 Å². The van der Waals surface area contributed by atoms with Gasteiger partial charge in [-0.2, -0.15) is 10.4 Å². The van der Waals surface area contributed by atoms with Gasteiger partial charge in [-0.1, -0.05) is 0 Å². The standard InChI is InChI=1S/C14H14N6O2/c15-7-10-3-4-12(13(6-10)20(21)22)19-5-1-2-11(8-19)14-16-9-17-18-14/h3-4,6,9,11H,1-2,5,8H2,(H,16,17,18). The Morgan fingerprint density at radius 3 is 3.05 bits per heavy atom. The van der Waals surface area contributed by atoms with E-state index >= 15 is 0 Å². The molecular weight excluding hydrogens is 284 g/mol. The fourth-order valence-corrected chi connectivity index (χ4v) is 2.84. The van der Waals surface area contributed by atoms with E-state index in [9.17, 15) is 10.1 Å². The first kappa shape index (κ1) is 14.0. The summed E-state index contributed by atoms with van der Waals surface area (Å²) in [6.07, 6.45) is 3.36. The minimum atomic E-state index is -0.436. The third-order valence-corrected chi connectivity index (χ3v) is 3.88. The molecule has 1 unspecified atom stereocenters. The highest BCUT2D eigenvalue weighted by molar-refractivity contribution is 5.66. The van der Waals surface area contributed by atoms with Crippen molar-refractivity contribution < 1.29 is 4.92 Å². The number of nitro groups is 1. The van der Waals surface area contributed by atoms with Crippen LogP contribution in [-0.4, -0.2) is 33.2 Å². The van der Waals surface area contributed by atoms with Gasteiger partial charge in [-0.3, -0.25) is 15.2 Å². The van der Waals surface area contributed by atoms with Crippen molar-refractivity contribution in [2.45, 2.75) is 18.8 Å². The Hall–Kier alpha value is -2.95. The molecular formula is C14H14N6O2. The van der Waals surface area contributed by atoms with Crippen molar-refractivity contribution in [3.8, 4) is 6.07 Å². The van der Waals surface area contributed by atoms with Crippen LogP contribution in [0, 0.1) is 21.4 Å². The van der Waals surface area contributed by atoms with Crippen molar-refractivity contribution in [2.75, 3.05) is 18.0 Å². The Bertz CT molecular complexity index is 721. The van der Waals surface area contributed by atoms with Crippen LogP contribution in [0.5, 0.6) is 0 Å². The molecule has 1 aliphatic rings. The molecule has 0 amide bonds. The van der Waals surface area contributed by atoms with Crippen molar-refractivity contribution in [3.63, 3.8) is 0 Å². The van der Waals surface area contributed by atoms with E-state index in [1.807, 2.05) is 11.0 Å². The lowest BCUT2D eigenvalue weighted by molar-refractivity contribution is -0.384. The van der Waals surface area contributed by atoms with E-state index < -0.39 is 4.92 Å². The number of nitro benzene ring substituents is 1. The first-order valence-electron chi connectivity index (χ1n) is 6.98. The van der Waals surface area contributed by atoms with E-state index in [-0.39, 0.29) is 11.6 Å². The lowest BCUT2D eigenvalue weighted by atomic mass is 9.96. The van der Waals surface area contributed by atoms with Gasteiger partial charge in [0.05, 0.1) is 16.6 Å². The van der Waals surface area contributed by atoms with Gasteiger partial charge >= 0.3 is 0 Å². The number of aromatic amines is 1. The van der Waals surface area contributed by atoms with Crippen LogP contribution >= 0.6 is 0 Å².